The maximum Gasteiger partial charge on any atom is 0.125 e. The molecule has 0 atom stereocenters. The molecular formula is C15H26ClNOS. The molecule has 0 saturated carbocycles. The molecule has 1 rings (SSSR count). The first-order chi connectivity index (χ1) is 8.66. The number of nitrogens with one attached hydrogen (secondary N) is 1. The lowest BCUT2D eigenvalue weighted by Crippen LogP contribution is -2.18. The van der Waals surface area contributed by atoms with Crippen molar-refractivity contribution in [3.8, 4) is 5.75 Å². The highest BCUT2D eigenvalue weighted by Crippen LogP contribution is 2.25. The molecule has 1 N–H and O–H groups in total. The van der Waals surface area contributed by atoms with Gasteiger partial charge in [-0.05, 0) is 56.8 Å². The van der Waals surface area contributed by atoms with E-state index in [0.717, 1.165) is 44.0 Å². The summed E-state index contributed by atoms with van der Waals surface area (Å²) >= 11 is 4.16. The van der Waals surface area contributed by atoms with Crippen LogP contribution in [-0.2, 0) is 0 Å². The molecule has 0 fully saturated rings. The van der Waals surface area contributed by atoms with Crippen LogP contribution in [-0.4, -0.2) is 25.4 Å². The van der Waals surface area contributed by atoms with E-state index in [1.807, 2.05) is 0 Å². The predicted molar refractivity (Wildman–Crippen MR) is 89.4 cm³/mol. The summed E-state index contributed by atoms with van der Waals surface area (Å²) in [6.45, 7) is 9.20. The fourth-order valence-corrected chi connectivity index (χ4v) is 2.04. The summed E-state index contributed by atoms with van der Waals surface area (Å²) in [5, 5.41) is 3.33. The van der Waals surface area contributed by atoms with Crippen LogP contribution in [0.2, 0.25) is 0 Å². The maximum absolute atomic E-state index is 5.91. The van der Waals surface area contributed by atoms with Gasteiger partial charge in [0.05, 0.1) is 6.61 Å². The van der Waals surface area contributed by atoms with Crippen LogP contribution in [0.3, 0.4) is 0 Å². The number of hydrogen-bond donors (Lipinski definition) is 2. The van der Waals surface area contributed by atoms with Gasteiger partial charge in [-0.1, -0.05) is 12.1 Å². The molecule has 2 nitrogen and oxygen atoms in total. The number of rotatable bonds is 8. The van der Waals surface area contributed by atoms with E-state index >= 15 is 0 Å². The Morgan fingerprint density at radius 1 is 1.05 bits per heavy atom. The standard InChI is InChI=1S/C15H25NOS.ClH/c1-12-6-7-13(2)15(14(12)3)17-10-5-4-8-16-9-11-18;/h6-7,16,18H,4-5,8-11H2,1-3H3;1H. The Balaban J connectivity index is 0.00000324. The first-order valence-corrected chi connectivity index (χ1v) is 7.31. The van der Waals surface area contributed by atoms with Gasteiger partial charge in [0, 0.05) is 12.3 Å². The van der Waals surface area contributed by atoms with E-state index in [1.54, 1.807) is 0 Å². The van der Waals surface area contributed by atoms with Crippen LogP contribution in [0.5, 0.6) is 5.75 Å². The Kier molecular flexibility index (Phi) is 10.2. The van der Waals surface area contributed by atoms with E-state index in [1.165, 1.54) is 16.7 Å². The monoisotopic (exact) mass is 303 g/mol. The molecule has 0 unspecified atom stereocenters. The van der Waals surface area contributed by atoms with Crippen molar-refractivity contribution in [3.05, 3.63) is 28.8 Å². The minimum atomic E-state index is 0. The SMILES string of the molecule is Cc1ccc(C)c(OCCCCNCCS)c1C.Cl. The van der Waals surface area contributed by atoms with Crippen LogP contribution in [0.4, 0.5) is 0 Å². The molecule has 1 aromatic rings. The zero-order valence-electron chi connectivity index (χ0n) is 12.2. The third-order valence-electron chi connectivity index (χ3n) is 3.16. The van der Waals surface area contributed by atoms with Crippen LogP contribution in [0.25, 0.3) is 0 Å². The molecule has 0 aliphatic heterocycles. The predicted octanol–water partition coefficient (Wildman–Crippen LogP) is 3.71. The smallest absolute Gasteiger partial charge is 0.125 e. The molecule has 110 valence electrons. The second-order valence-electron chi connectivity index (χ2n) is 4.68. The molecule has 0 saturated heterocycles. The largest absolute Gasteiger partial charge is 0.493 e. The summed E-state index contributed by atoms with van der Waals surface area (Å²) in [6, 6.07) is 4.28. The number of benzene rings is 1. The average Bonchev–Trinajstić information content (AvgIpc) is 2.36. The second-order valence-corrected chi connectivity index (χ2v) is 5.13. The molecule has 19 heavy (non-hydrogen) atoms. The first-order valence-electron chi connectivity index (χ1n) is 6.68. The van der Waals surface area contributed by atoms with E-state index in [4.69, 9.17) is 4.74 Å². The van der Waals surface area contributed by atoms with Crippen molar-refractivity contribution in [1.29, 1.82) is 0 Å². The Labute approximate surface area is 129 Å². The van der Waals surface area contributed by atoms with Crippen molar-refractivity contribution in [2.24, 2.45) is 0 Å². The summed E-state index contributed by atoms with van der Waals surface area (Å²) in [5.74, 6) is 1.97. The first kappa shape index (κ1) is 18.6. The van der Waals surface area contributed by atoms with E-state index in [-0.39, 0.29) is 12.4 Å². The zero-order chi connectivity index (χ0) is 13.4. The van der Waals surface area contributed by atoms with Crippen molar-refractivity contribution in [1.82, 2.24) is 5.32 Å². The number of hydrogen-bond acceptors (Lipinski definition) is 3. The molecule has 0 bridgehead atoms. The molecule has 0 radical (unpaired) electrons. The minimum absolute atomic E-state index is 0. The molecule has 0 aliphatic rings. The Bertz CT molecular complexity index is 371. The second kappa shape index (κ2) is 10.4. The van der Waals surface area contributed by atoms with E-state index in [9.17, 15) is 0 Å². The number of halogens is 1. The van der Waals surface area contributed by atoms with Crippen molar-refractivity contribution in [2.45, 2.75) is 33.6 Å². The quantitative estimate of drug-likeness (QED) is 0.564. The minimum Gasteiger partial charge on any atom is -0.493 e. The van der Waals surface area contributed by atoms with Gasteiger partial charge in [0.25, 0.3) is 0 Å². The number of thiol groups is 1. The summed E-state index contributed by atoms with van der Waals surface area (Å²) in [4.78, 5) is 0. The lowest BCUT2D eigenvalue weighted by molar-refractivity contribution is 0.302. The highest BCUT2D eigenvalue weighted by Gasteiger charge is 2.05. The summed E-state index contributed by atoms with van der Waals surface area (Å²) in [7, 11) is 0. The van der Waals surface area contributed by atoms with Crippen molar-refractivity contribution < 1.29 is 4.74 Å². The van der Waals surface area contributed by atoms with Gasteiger partial charge < -0.3 is 10.1 Å². The fraction of sp³-hybridized carbons (Fsp3) is 0.600. The molecular weight excluding hydrogens is 278 g/mol. The third-order valence-corrected chi connectivity index (χ3v) is 3.38. The summed E-state index contributed by atoms with van der Waals surface area (Å²) in [6.07, 6.45) is 2.24. The van der Waals surface area contributed by atoms with Gasteiger partial charge >= 0.3 is 0 Å². The summed E-state index contributed by atoms with van der Waals surface area (Å²) < 4.78 is 5.91. The van der Waals surface area contributed by atoms with Crippen molar-refractivity contribution in [2.75, 3.05) is 25.4 Å². The Hall–Kier alpha value is -0.380. The molecule has 0 aliphatic carbocycles. The van der Waals surface area contributed by atoms with Gasteiger partial charge in [0.1, 0.15) is 5.75 Å². The highest BCUT2D eigenvalue weighted by molar-refractivity contribution is 7.80. The topological polar surface area (TPSA) is 21.3 Å². The molecule has 4 heteroatoms. The van der Waals surface area contributed by atoms with Gasteiger partial charge in [0.2, 0.25) is 0 Å². The van der Waals surface area contributed by atoms with Crippen LogP contribution in [0.1, 0.15) is 29.5 Å². The van der Waals surface area contributed by atoms with E-state index < -0.39 is 0 Å². The molecule has 0 aromatic heterocycles. The number of ether oxygens (including phenoxy) is 1. The Morgan fingerprint density at radius 3 is 2.42 bits per heavy atom. The van der Waals surface area contributed by atoms with Crippen molar-refractivity contribution in [3.63, 3.8) is 0 Å². The summed E-state index contributed by atoms with van der Waals surface area (Å²) in [5.41, 5.74) is 3.79. The molecule has 0 heterocycles. The fourth-order valence-electron chi connectivity index (χ4n) is 1.88. The normalized spacial score (nSPS) is 10.1. The lowest BCUT2D eigenvalue weighted by atomic mass is 10.1. The van der Waals surface area contributed by atoms with Gasteiger partial charge in [-0.2, -0.15) is 12.6 Å². The molecule has 0 spiro atoms. The average molecular weight is 304 g/mol. The van der Waals surface area contributed by atoms with Crippen LogP contribution in [0.15, 0.2) is 12.1 Å². The number of aryl methyl sites for hydroxylation is 2. The van der Waals surface area contributed by atoms with Gasteiger partial charge in [-0.3, -0.25) is 0 Å². The zero-order valence-corrected chi connectivity index (χ0v) is 13.9. The van der Waals surface area contributed by atoms with E-state index in [0.29, 0.717) is 0 Å². The van der Waals surface area contributed by atoms with Gasteiger partial charge in [-0.15, -0.1) is 12.4 Å². The lowest BCUT2D eigenvalue weighted by Gasteiger charge is -2.14. The van der Waals surface area contributed by atoms with Crippen LogP contribution in [0, 0.1) is 20.8 Å². The number of unbranched alkanes of at least 4 members (excludes halogenated alkanes) is 1. The van der Waals surface area contributed by atoms with E-state index in [2.05, 4.69) is 50.8 Å². The highest BCUT2D eigenvalue weighted by atomic mass is 35.5. The van der Waals surface area contributed by atoms with Crippen molar-refractivity contribution >= 4 is 25.0 Å². The third kappa shape index (κ3) is 6.55. The van der Waals surface area contributed by atoms with Crippen LogP contribution >= 0.6 is 25.0 Å². The Morgan fingerprint density at radius 2 is 1.74 bits per heavy atom. The van der Waals surface area contributed by atoms with Gasteiger partial charge in [-0.25, -0.2) is 0 Å². The maximum atomic E-state index is 5.91. The molecule has 0 amide bonds. The molecule has 1 aromatic carbocycles. The van der Waals surface area contributed by atoms with Crippen LogP contribution < -0.4 is 10.1 Å². The van der Waals surface area contributed by atoms with Gasteiger partial charge in [0.15, 0.2) is 0 Å².